The number of carbonyl (C=O) groups excluding carboxylic acids is 1. The van der Waals surface area contributed by atoms with Gasteiger partial charge in [-0.05, 0) is 30.3 Å². The lowest BCUT2D eigenvalue weighted by Gasteiger charge is -2.28. The molecule has 1 aromatic carbocycles. The zero-order valence-electron chi connectivity index (χ0n) is 14.3. The number of rotatable bonds is 4. The van der Waals surface area contributed by atoms with Crippen molar-refractivity contribution in [2.45, 2.75) is 6.43 Å². The van der Waals surface area contributed by atoms with Crippen molar-refractivity contribution in [3.05, 3.63) is 47.9 Å². The minimum atomic E-state index is -2.69. The molecule has 1 saturated heterocycles. The lowest BCUT2D eigenvalue weighted by Crippen LogP contribution is -2.36. The summed E-state index contributed by atoms with van der Waals surface area (Å²) in [6.45, 7) is 2.97. The van der Waals surface area contributed by atoms with Crippen molar-refractivity contribution in [2.24, 2.45) is 0 Å². The number of hydrogen-bond donors (Lipinski definition) is 2. The highest BCUT2D eigenvalue weighted by molar-refractivity contribution is 6.05. The first-order valence-corrected chi connectivity index (χ1v) is 8.48. The Hall–Kier alpha value is -3.07. The third kappa shape index (κ3) is 3.72. The van der Waals surface area contributed by atoms with Gasteiger partial charge in [0, 0.05) is 18.7 Å². The van der Waals surface area contributed by atoms with Crippen molar-refractivity contribution in [1.82, 2.24) is 15.0 Å². The molecule has 3 heterocycles. The molecule has 1 aliphatic heterocycles. The van der Waals surface area contributed by atoms with E-state index in [1.165, 1.54) is 18.2 Å². The normalized spacial score (nSPS) is 14.7. The summed E-state index contributed by atoms with van der Waals surface area (Å²) in [5, 5.41) is 2.71. The number of nitrogens with one attached hydrogen (secondary N) is 2. The number of H-pyrrole nitrogens is 1. The van der Waals surface area contributed by atoms with E-state index in [0.29, 0.717) is 35.6 Å². The number of morpholine rings is 1. The molecule has 1 fully saturated rings. The molecular formula is C18H17F2N5O2. The predicted octanol–water partition coefficient (Wildman–Crippen LogP) is 2.98. The topological polar surface area (TPSA) is 83.1 Å². The molecule has 3 aromatic rings. The van der Waals surface area contributed by atoms with Gasteiger partial charge in [-0.1, -0.05) is 0 Å². The maximum atomic E-state index is 12.7. The van der Waals surface area contributed by atoms with Crippen molar-refractivity contribution in [3.8, 4) is 0 Å². The van der Waals surface area contributed by atoms with Crippen molar-refractivity contribution >= 4 is 28.4 Å². The van der Waals surface area contributed by atoms with Crippen LogP contribution in [-0.4, -0.2) is 47.2 Å². The van der Waals surface area contributed by atoms with Crippen LogP contribution in [0, 0.1) is 0 Å². The lowest BCUT2D eigenvalue weighted by molar-refractivity contribution is 0.102. The third-order valence-corrected chi connectivity index (χ3v) is 4.33. The molecule has 4 rings (SSSR count). The monoisotopic (exact) mass is 373 g/mol. The van der Waals surface area contributed by atoms with Gasteiger partial charge in [-0.25, -0.2) is 18.7 Å². The molecule has 27 heavy (non-hydrogen) atoms. The quantitative estimate of drug-likeness (QED) is 0.735. The molecule has 0 bridgehead atoms. The van der Waals surface area contributed by atoms with Gasteiger partial charge in [0.25, 0.3) is 12.3 Å². The van der Waals surface area contributed by atoms with Crippen molar-refractivity contribution < 1.29 is 18.3 Å². The molecule has 0 unspecified atom stereocenters. The number of carbonyl (C=O) groups is 1. The van der Waals surface area contributed by atoms with Crippen LogP contribution in [0.2, 0.25) is 0 Å². The average molecular weight is 373 g/mol. The van der Waals surface area contributed by atoms with Crippen LogP contribution in [0.5, 0.6) is 0 Å². The first-order valence-electron chi connectivity index (χ1n) is 8.48. The molecule has 0 aliphatic carbocycles. The Morgan fingerprint density at radius 1 is 1.22 bits per heavy atom. The Morgan fingerprint density at radius 3 is 2.74 bits per heavy atom. The van der Waals surface area contributed by atoms with E-state index in [2.05, 4.69) is 25.2 Å². The first-order chi connectivity index (χ1) is 13.1. The molecule has 140 valence electrons. The summed E-state index contributed by atoms with van der Waals surface area (Å²) in [6.07, 6.45) is -0.989. The standard InChI is InChI=1S/C18H17F2N5O2/c19-16(20)17-22-13-3-1-11(9-14(13)23-17)18(26)24-15-4-2-12(10-21-15)25-5-7-27-8-6-25/h1-4,9-10,16H,5-8H2,(H,22,23)(H,21,24,26). The molecular weight excluding hydrogens is 356 g/mol. The van der Waals surface area contributed by atoms with E-state index in [0.717, 1.165) is 18.8 Å². The number of aromatic amines is 1. The van der Waals surface area contributed by atoms with E-state index < -0.39 is 12.2 Å². The van der Waals surface area contributed by atoms with E-state index >= 15 is 0 Å². The van der Waals surface area contributed by atoms with Gasteiger partial charge in [-0.2, -0.15) is 0 Å². The van der Waals surface area contributed by atoms with Gasteiger partial charge in [0.15, 0.2) is 5.82 Å². The fourth-order valence-corrected chi connectivity index (χ4v) is 2.93. The molecule has 0 radical (unpaired) electrons. The van der Waals surface area contributed by atoms with Crippen molar-refractivity contribution in [1.29, 1.82) is 0 Å². The van der Waals surface area contributed by atoms with Crippen LogP contribution in [0.3, 0.4) is 0 Å². The zero-order valence-corrected chi connectivity index (χ0v) is 14.3. The van der Waals surface area contributed by atoms with Gasteiger partial charge in [0.05, 0.1) is 36.1 Å². The number of alkyl halides is 2. The highest BCUT2D eigenvalue weighted by Gasteiger charge is 2.15. The number of anilines is 2. The maximum absolute atomic E-state index is 12.7. The van der Waals surface area contributed by atoms with Crippen LogP contribution in [0.15, 0.2) is 36.5 Å². The Labute approximate surface area is 153 Å². The van der Waals surface area contributed by atoms with Gasteiger partial charge in [0.2, 0.25) is 0 Å². The number of pyridine rings is 1. The first kappa shape index (κ1) is 17.3. The Kier molecular flexibility index (Phi) is 4.68. The maximum Gasteiger partial charge on any atom is 0.295 e. The molecule has 2 N–H and O–H groups in total. The second kappa shape index (κ2) is 7.28. The smallest absolute Gasteiger partial charge is 0.295 e. The number of fused-ring (bicyclic) bond motifs is 1. The molecule has 7 nitrogen and oxygen atoms in total. The fraction of sp³-hybridized carbons (Fsp3) is 0.278. The van der Waals surface area contributed by atoms with E-state index in [9.17, 15) is 13.6 Å². The fourth-order valence-electron chi connectivity index (χ4n) is 2.93. The highest BCUT2D eigenvalue weighted by Crippen LogP contribution is 2.21. The Morgan fingerprint density at radius 2 is 2.04 bits per heavy atom. The van der Waals surface area contributed by atoms with E-state index in [4.69, 9.17) is 4.74 Å². The minimum absolute atomic E-state index is 0.325. The second-order valence-corrected chi connectivity index (χ2v) is 6.11. The third-order valence-electron chi connectivity index (χ3n) is 4.33. The van der Waals surface area contributed by atoms with Crippen LogP contribution in [0.25, 0.3) is 11.0 Å². The van der Waals surface area contributed by atoms with Crippen LogP contribution in [0.1, 0.15) is 22.6 Å². The van der Waals surface area contributed by atoms with Gasteiger partial charge >= 0.3 is 0 Å². The van der Waals surface area contributed by atoms with E-state index in [1.54, 1.807) is 12.3 Å². The number of halogens is 2. The van der Waals surface area contributed by atoms with Crippen LogP contribution >= 0.6 is 0 Å². The number of imidazole rings is 1. The summed E-state index contributed by atoms with van der Waals surface area (Å²) in [7, 11) is 0. The molecule has 0 spiro atoms. The summed E-state index contributed by atoms with van der Waals surface area (Å²) in [6, 6.07) is 8.18. The van der Waals surface area contributed by atoms with E-state index in [1.807, 2.05) is 6.07 Å². The molecule has 0 saturated carbocycles. The van der Waals surface area contributed by atoms with Crippen LogP contribution in [-0.2, 0) is 4.74 Å². The summed E-state index contributed by atoms with van der Waals surface area (Å²) < 4.78 is 30.8. The molecule has 9 heteroatoms. The number of aromatic nitrogens is 3. The average Bonchev–Trinajstić information content (AvgIpc) is 3.13. The minimum Gasteiger partial charge on any atom is -0.378 e. The summed E-state index contributed by atoms with van der Waals surface area (Å²) in [5.41, 5.74) is 2.06. The predicted molar refractivity (Wildman–Crippen MR) is 96.3 cm³/mol. The number of amides is 1. The lowest BCUT2D eigenvalue weighted by atomic mass is 10.2. The molecule has 0 atom stereocenters. The van der Waals surface area contributed by atoms with Gasteiger partial charge in [-0.15, -0.1) is 0 Å². The van der Waals surface area contributed by atoms with Crippen molar-refractivity contribution in [3.63, 3.8) is 0 Å². The van der Waals surface area contributed by atoms with Crippen molar-refractivity contribution in [2.75, 3.05) is 36.5 Å². The number of benzene rings is 1. The number of ether oxygens (including phenoxy) is 1. The highest BCUT2D eigenvalue weighted by atomic mass is 19.3. The number of nitrogens with zero attached hydrogens (tertiary/aromatic N) is 3. The van der Waals surface area contributed by atoms with Gasteiger partial charge in [0.1, 0.15) is 5.82 Å². The second-order valence-electron chi connectivity index (χ2n) is 6.11. The Bertz CT molecular complexity index is 952. The van der Waals surface area contributed by atoms with Crippen LogP contribution < -0.4 is 10.2 Å². The molecule has 2 aromatic heterocycles. The molecule has 1 aliphatic rings. The largest absolute Gasteiger partial charge is 0.378 e. The van der Waals surface area contributed by atoms with Crippen LogP contribution in [0.4, 0.5) is 20.3 Å². The Balaban J connectivity index is 1.47. The summed E-state index contributed by atoms with van der Waals surface area (Å²) in [5.74, 6) is -0.380. The SMILES string of the molecule is O=C(Nc1ccc(N2CCOCC2)cn1)c1ccc2nc(C(F)F)[nH]c2c1. The summed E-state index contributed by atoms with van der Waals surface area (Å²) >= 11 is 0. The zero-order chi connectivity index (χ0) is 18.8. The summed E-state index contributed by atoms with van der Waals surface area (Å²) in [4.78, 5) is 25.2. The van der Waals surface area contributed by atoms with Gasteiger partial charge < -0.3 is 19.9 Å². The van der Waals surface area contributed by atoms with Gasteiger partial charge in [-0.3, -0.25) is 4.79 Å². The number of hydrogen-bond acceptors (Lipinski definition) is 5. The van der Waals surface area contributed by atoms with E-state index in [-0.39, 0.29) is 5.91 Å². The molecule has 1 amide bonds.